The summed E-state index contributed by atoms with van der Waals surface area (Å²) in [4.78, 5) is 18.9. The summed E-state index contributed by atoms with van der Waals surface area (Å²) in [5, 5.41) is 11.6. The number of nitrogens with one attached hydrogen (secondary N) is 1. The largest absolute Gasteiger partial charge is 0.366 e. The highest BCUT2D eigenvalue weighted by atomic mass is 16.1. The van der Waals surface area contributed by atoms with Crippen LogP contribution >= 0.6 is 0 Å². The second-order valence-electron chi connectivity index (χ2n) is 6.04. The lowest BCUT2D eigenvalue weighted by Crippen LogP contribution is -2.22. The molecule has 1 heterocycles. The van der Waals surface area contributed by atoms with E-state index in [1.807, 2.05) is 30.3 Å². The number of hydrogen-bond donors (Lipinski definition) is 1. The van der Waals surface area contributed by atoms with E-state index in [2.05, 4.69) is 34.3 Å². The van der Waals surface area contributed by atoms with E-state index in [9.17, 15) is 4.79 Å². The topological polar surface area (TPSA) is 69.0 Å². The second kappa shape index (κ2) is 8.63. The van der Waals surface area contributed by atoms with Crippen LogP contribution in [0.5, 0.6) is 0 Å². The molecule has 0 radical (unpaired) electrons. The lowest BCUT2D eigenvalue weighted by atomic mass is 10.2. The highest BCUT2D eigenvalue weighted by Gasteiger charge is 2.10. The molecule has 0 unspecified atom stereocenters. The van der Waals surface area contributed by atoms with Gasteiger partial charge < -0.3 is 10.2 Å². The summed E-state index contributed by atoms with van der Waals surface area (Å²) in [6, 6.07) is 22.6. The van der Waals surface area contributed by atoms with Gasteiger partial charge in [0.05, 0.1) is 23.5 Å². The van der Waals surface area contributed by atoms with E-state index in [1.54, 1.807) is 36.5 Å². The fourth-order valence-electron chi connectivity index (χ4n) is 2.72. The molecule has 0 fully saturated rings. The lowest BCUT2D eigenvalue weighted by Gasteiger charge is -2.23. The van der Waals surface area contributed by atoms with Crippen LogP contribution in [0.3, 0.4) is 0 Å². The van der Waals surface area contributed by atoms with E-state index in [1.165, 1.54) is 5.56 Å². The minimum atomic E-state index is -0.280. The maximum Gasteiger partial charge on any atom is 0.274 e. The van der Waals surface area contributed by atoms with Gasteiger partial charge in [-0.1, -0.05) is 30.3 Å². The standard InChI is InChI=1S/C22H20N4O/c1-2-26(16-18-6-4-3-5-7-18)20-12-13-21(24-15-20)22(27)25-19-10-8-17(14-23)9-11-19/h3-13,15H,2,16H2,1H3,(H,25,27). The van der Waals surface area contributed by atoms with Crippen molar-refractivity contribution < 1.29 is 4.79 Å². The maximum absolute atomic E-state index is 12.4. The first-order valence-corrected chi connectivity index (χ1v) is 8.76. The molecular weight excluding hydrogens is 336 g/mol. The Kier molecular flexibility index (Phi) is 5.80. The molecule has 3 rings (SSSR count). The predicted molar refractivity (Wildman–Crippen MR) is 107 cm³/mol. The Morgan fingerprint density at radius 3 is 2.41 bits per heavy atom. The first kappa shape index (κ1) is 18.2. The molecule has 0 saturated heterocycles. The molecule has 2 aromatic carbocycles. The average Bonchev–Trinajstić information content (AvgIpc) is 2.73. The quantitative estimate of drug-likeness (QED) is 0.717. The molecule has 0 aliphatic heterocycles. The molecule has 5 heteroatoms. The van der Waals surface area contributed by atoms with Crippen molar-refractivity contribution in [3.05, 3.63) is 89.7 Å². The van der Waals surface area contributed by atoms with Crippen molar-refractivity contribution in [3.63, 3.8) is 0 Å². The summed E-state index contributed by atoms with van der Waals surface area (Å²) >= 11 is 0. The summed E-state index contributed by atoms with van der Waals surface area (Å²) in [6.45, 7) is 3.72. The van der Waals surface area contributed by atoms with E-state index in [0.717, 1.165) is 18.8 Å². The number of nitriles is 1. The molecule has 0 atom stereocenters. The van der Waals surface area contributed by atoms with Gasteiger partial charge in [-0.15, -0.1) is 0 Å². The molecule has 0 aliphatic rings. The SMILES string of the molecule is CCN(Cc1ccccc1)c1ccc(C(=O)Nc2ccc(C#N)cc2)nc1. The summed E-state index contributed by atoms with van der Waals surface area (Å²) in [5.74, 6) is -0.280. The zero-order valence-corrected chi connectivity index (χ0v) is 15.1. The summed E-state index contributed by atoms with van der Waals surface area (Å²) in [5.41, 5.74) is 3.72. The number of nitrogens with zero attached hydrogens (tertiary/aromatic N) is 3. The average molecular weight is 356 g/mol. The van der Waals surface area contributed by atoms with Crippen molar-refractivity contribution >= 4 is 17.3 Å². The number of carbonyl (C=O) groups is 1. The van der Waals surface area contributed by atoms with Gasteiger partial charge in [0, 0.05) is 18.8 Å². The molecule has 1 N–H and O–H groups in total. The van der Waals surface area contributed by atoms with Gasteiger partial charge in [0.2, 0.25) is 0 Å². The number of amides is 1. The molecule has 5 nitrogen and oxygen atoms in total. The molecule has 134 valence electrons. The zero-order chi connectivity index (χ0) is 19.1. The molecule has 1 aromatic heterocycles. The number of aromatic nitrogens is 1. The van der Waals surface area contributed by atoms with Gasteiger partial charge >= 0.3 is 0 Å². The third kappa shape index (κ3) is 4.71. The summed E-state index contributed by atoms with van der Waals surface area (Å²) in [6.07, 6.45) is 1.72. The number of carbonyl (C=O) groups excluding carboxylic acids is 1. The molecule has 27 heavy (non-hydrogen) atoms. The van der Waals surface area contributed by atoms with Crippen LogP contribution in [0.25, 0.3) is 0 Å². The minimum absolute atomic E-state index is 0.280. The first-order chi connectivity index (χ1) is 13.2. The first-order valence-electron chi connectivity index (χ1n) is 8.76. The minimum Gasteiger partial charge on any atom is -0.366 e. The Labute approximate surface area is 158 Å². The maximum atomic E-state index is 12.4. The van der Waals surface area contributed by atoms with Crippen LogP contribution in [-0.4, -0.2) is 17.4 Å². The van der Waals surface area contributed by atoms with Crippen molar-refractivity contribution in [2.45, 2.75) is 13.5 Å². The summed E-state index contributed by atoms with van der Waals surface area (Å²) < 4.78 is 0. The van der Waals surface area contributed by atoms with Gasteiger partial charge in [-0.2, -0.15) is 5.26 Å². The smallest absolute Gasteiger partial charge is 0.274 e. The van der Waals surface area contributed by atoms with Crippen LogP contribution in [0.4, 0.5) is 11.4 Å². The van der Waals surface area contributed by atoms with Gasteiger partial charge in [-0.05, 0) is 48.9 Å². The number of anilines is 2. The number of rotatable bonds is 6. The molecule has 0 saturated carbocycles. The Bertz CT molecular complexity index is 929. The van der Waals surface area contributed by atoms with E-state index in [-0.39, 0.29) is 5.91 Å². The van der Waals surface area contributed by atoms with Crippen LogP contribution in [0.1, 0.15) is 28.5 Å². The Morgan fingerprint density at radius 1 is 1.07 bits per heavy atom. The van der Waals surface area contributed by atoms with Gasteiger partial charge in [-0.3, -0.25) is 4.79 Å². The fourth-order valence-corrected chi connectivity index (χ4v) is 2.72. The molecular formula is C22H20N4O. The highest BCUT2D eigenvalue weighted by Crippen LogP contribution is 2.17. The summed E-state index contributed by atoms with van der Waals surface area (Å²) in [7, 11) is 0. The third-order valence-corrected chi connectivity index (χ3v) is 4.22. The van der Waals surface area contributed by atoms with Crippen LogP contribution in [0.2, 0.25) is 0 Å². The molecule has 0 aliphatic carbocycles. The second-order valence-corrected chi connectivity index (χ2v) is 6.04. The van der Waals surface area contributed by atoms with Crippen molar-refractivity contribution in [2.24, 2.45) is 0 Å². The van der Waals surface area contributed by atoms with E-state index in [4.69, 9.17) is 5.26 Å². The highest BCUT2D eigenvalue weighted by molar-refractivity contribution is 6.02. The van der Waals surface area contributed by atoms with Crippen molar-refractivity contribution in [1.29, 1.82) is 5.26 Å². The molecule has 0 spiro atoms. The van der Waals surface area contributed by atoms with E-state index < -0.39 is 0 Å². The number of pyridine rings is 1. The monoisotopic (exact) mass is 356 g/mol. The van der Waals surface area contributed by atoms with Crippen molar-refractivity contribution in [2.75, 3.05) is 16.8 Å². The predicted octanol–water partition coefficient (Wildman–Crippen LogP) is 4.23. The van der Waals surface area contributed by atoms with Gasteiger partial charge in [0.25, 0.3) is 5.91 Å². The van der Waals surface area contributed by atoms with E-state index in [0.29, 0.717) is 16.9 Å². The fraction of sp³-hybridized carbons (Fsp3) is 0.136. The van der Waals surface area contributed by atoms with Crippen LogP contribution in [-0.2, 0) is 6.54 Å². The number of benzene rings is 2. The van der Waals surface area contributed by atoms with Crippen molar-refractivity contribution in [3.8, 4) is 6.07 Å². The Morgan fingerprint density at radius 2 is 1.81 bits per heavy atom. The molecule has 0 bridgehead atoms. The lowest BCUT2D eigenvalue weighted by molar-refractivity contribution is 0.102. The van der Waals surface area contributed by atoms with Gasteiger partial charge in [-0.25, -0.2) is 4.98 Å². The van der Waals surface area contributed by atoms with Gasteiger partial charge in [0.1, 0.15) is 5.69 Å². The van der Waals surface area contributed by atoms with Crippen LogP contribution in [0, 0.1) is 11.3 Å². The Balaban J connectivity index is 1.67. The van der Waals surface area contributed by atoms with E-state index >= 15 is 0 Å². The normalized spacial score (nSPS) is 10.1. The molecule has 3 aromatic rings. The van der Waals surface area contributed by atoms with Crippen molar-refractivity contribution in [1.82, 2.24) is 4.98 Å². The Hall–Kier alpha value is -3.65. The third-order valence-electron chi connectivity index (χ3n) is 4.22. The van der Waals surface area contributed by atoms with Crippen LogP contribution in [0.15, 0.2) is 72.9 Å². The number of hydrogen-bond acceptors (Lipinski definition) is 4. The molecule has 1 amide bonds. The van der Waals surface area contributed by atoms with Crippen LogP contribution < -0.4 is 10.2 Å². The van der Waals surface area contributed by atoms with Gasteiger partial charge in [0.15, 0.2) is 0 Å². The zero-order valence-electron chi connectivity index (χ0n) is 15.1.